The van der Waals surface area contributed by atoms with Crippen LogP contribution in [0.25, 0.3) is 0 Å². The molecule has 0 radical (unpaired) electrons. The van der Waals surface area contributed by atoms with Gasteiger partial charge in [0, 0.05) is 0 Å². The topological polar surface area (TPSA) is 164 Å². The highest BCUT2D eigenvalue weighted by Crippen LogP contribution is 2.29. The average Bonchev–Trinajstić information content (AvgIpc) is 2.20. The van der Waals surface area contributed by atoms with Gasteiger partial charge in [-0.1, -0.05) is 0 Å². The lowest BCUT2D eigenvalue weighted by atomic mass is 9.73. The highest BCUT2D eigenvalue weighted by atomic mass is 35.5. The summed E-state index contributed by atoms with van der Waals surface area (Å²) in [7, 11) is 0. The molecule has 8 nitrogen and oxygen atoms in total. The van der Waals surface area contributed by atoms with Crippen molar-refractivity contribution in [1.29, 1.82) is 0 Å². The maximum Gasteiger partial charge on any atom is 0.340 e. The van der Waals surface area contributed by atoms with Gasteiger partial charge in [0.25, 0.3) is 0 Å². The molecule has 0 saturated heterocycles. The van der Waals surface area contributed by atoms with Crippen LogP contribution in [0.5, 0.6) is 0 Å². The summed E-state index contributed by atoms with van der Waals surface area (Å²) in [5.74, 6) is -1.88. The molecule has 96 valence electrons. The zero-order chi connectivity index (χ0) is 12.0. The monoisotopic (exact) mass is 259 g/mol. The molecule has 1 rings (SSSR count). The number of carboxylic acids is 1. The van der Waals surface area contributed by atoms with Crippen molar-refractivity contribution in [3.8, 4) is 0 Å². The first-order chi connectivity index (χ1) is 6.74. The molecule has 9 heteroatoms. The summed E-state index contributed by atoms with van der Waals surface area (Å²) in [6.07, 6.45) is -7.82. The molecule has 0 aromatic carbocycles. The molecule has 8 N–H and O–H groups in total. The Kier molecular flexibility index (Phi) is 4.65. The number of rotatable bonds is 1. The van der Waals surface area contributed by atoms with Crippen molar-refractivity contribution in [2.75, 3.05) is 0 Å². The minimum Gasteiger partial charge on any atom is -0.479 e. The van der Waals surface area contributed by atoms with Gasteiger partial charge in [-0.3, -0.25) is 0 Å². The largest absolute Gasteiger partial charge is 0.479 e. The second-order valence-electron chi connectivity index (χ2n) is 3.57. The summed E-state index contributed by atoms with van der Waals surface area (Å²) in [6, 6.07) is -1.80. The summed E-state index contributed by atoms with van der Waals surface area (Å²) in [5.41, 5.74) is 2.30. The van der Waals surface area contributed by atoms with Crippen molar-refractivity contribution >= 4 is 18.4 Å². The van der Waals surface area contributed by atoms with E-state index >= 15 is 0 Å². The second-order valence-corrected chi connectivity index (χ2v) is 3.57. The summed E-state index contributed by atoms with van der Waals surface area (Å²) in [4.78, 5) is 10.7. The summed E-state index contributed by atoms with van der Waals surface area (Å²) < 4.78 is 0. The van der Waals surface area contributed by atoms with Gasteiger partial charge in [0.1, 0.15) is 24.4 Å². The first-order valence-electron chi connectivity index (χ1n) is 4.18. The van der Waals surface area contributed by atoms with Gasteiger partial charge in [-0.2, -0.15) is 0 Å². The Bertz CT molecular complexity index is 259. The Labute approximate surface area is 96.3 Å². The summed E-state index contributed by atoms with van der Waals surface area (Å²) in [5, 5.41) is 55.1. The molecule has 0 heterocycles. The number of carboxylic acid groups (broad SMARTS) is 1. The number of carbonyl (C=O) groups is 1. The van der Waals surface area contributed by atoms with Crippen LogP contribution in [0.2, 0.25) is 0 Å². The van der Waals surface area contributed by atoms with Crippen LogP contribution in [0.15, 0.2) is 0 Å². The van der Waals surface area contributed by atoms with Crippen LogP contribution in [0.3, 0.4) is 0 Å². The third kappa shape index (κ3) is 1.89. The van der Waals surface area contributed by atoms with Gasteiger partial charge >= 0.3 is 5.97 Å². The van der Waals surface area contributed by atoms with E-state index in [1.807, 2.05) is 0 Å². The van der Waals surface area contributed by atoms with Crippen LogP contribution >= 0.6 is 12.4 Å². The molecule has 0 amide bonds. The van der Waals surface area contributed by atoms with Crippen LogP contribution < -0.4 is 5.73 Å². The standard InChI is InChI=1S/C7H13NO7.ClH/c8-4-2(10)1(9)3(11)5(12)7(4,15)6(13)14;/h1-5,9-12,15H,8H2,(H,13,14);1H/t1-,2+,3-,4+,5+,7-;/m0./s1. The van der Waals surface area contributed by atoms with E-state index < -0.39 is 42.0 Å². The minimum atomic E-state index is -2.89. The molecule has 0 unspecified atom stereocenters. The SMILES string of the molecule is Cl.N[C@@H]1[C@H](O)[C@H](O)[C@H](O)[C@@H](O)[C@]1(O)C(=O)O. The summed E-state index contributed by atoms with van der Waals surface area (Å²) in [6.45, 7) is 0. The fourth-order valence-electron chi connectivity index (χ4n) is 1.59. The number of hydrogen-bond donors (Lipinski definition) is 7. The van der Waals surface area contributed by atoms with Gasteiger partial charge in [0.05, 0.1) is 6.04 Å². The second kappa shape index (κ2) is 4.80. The number of aliphatic hydroxyl groups excluding tert-OH is 4. The molecule has 0 aliphatic heterocycles. The summed E-state index contributed by atoms with van der Waals surface area (Å²) >= 11 is 0. The van der Waals surface area contributed by atoms with Gasteiger partial charge in [-0.25, -0.2) is 4.79 Å². The van der Waals surface area contributed by atoms with Gasteiger partial charge in [-0.15, -0.1) is 12.4 Å². The Morgan fingerprint density at radius 1 is 1.06 bits per heavy atom. The van der Waals surface area contributed by atoms with Crippen LogP contribution in [0, 0.1) is 0 Å². The number of aliphatic carboxylic acids is 1. The van der Waals surface area contributed by atoms with E-state index in [1.165, 1.54) is 0 Å². The van der Waals surface area contributed by atoms with E-state index in [4.69, 9.17) is 15.9 Å². The van der Waals surface area contributed by atoms with Gasteiger partial charge < -0.3 is 36.4 Å². The molecule has 0 aromatic heterocycles. The first kappa shape index (κ1) is 15.5. The van der Waals surface area contributed by atoms with E-state index in [0.29, 0.717) is 0 Å². The fraction of sp³-hybridized carbons (Fsp3) is 0.857. The van der Waals surface area contributed by atoms with Crippen molar-refractivity contribution < 1.29 is 35.4 Å². The van der Waals surface area contributed by atoms with Gasteiger partial charge in [0.2, 0.25) is 5.60 Å². The predicted molar refractivity (Wildman–Crippen MR) is 51.8 cm³/mol. The third-order valence-corrected chi connectivity index (χ3v) is 2.69. The fourth-order valence-corrected chi connectivity index (χ4v) is 1.59. The Morgan fingerprint density at radius 3 is 1.88 bits per heavy atom. The lowest BCUT2D eigenvalue weighted by Crippen LogP contribution is -2.76. The Balaban J connectivity index is 0.00000225. The quantitative estimate of drug-likeness (QED) is 0.250. The Hall–Kier alpha value is -0.480. The van der Waals surface area contributed by atoms with Crippen molar-refractivity contribution in [2.24, 2.45) is 5.73 Å². The van der Waals surface area contributed by atoms with Crippen LogP contribution in [0.1, 0.15) is 0 Å². The van der Waals surface area contributed by atoms with Crippen LogP contribution in [0.4, 0.5) is 0 Å². The molecular formula is C7H14ClNO7. The molecule has 1 aliphatic rings. The zero-order valence-electron chi connectivity index (χ0n) is 7.96. The normalized spacial score (nSPS) is 48.2. The number of halogens is 1. The molecule has 0 aromatic rings. The molecule has 1 fully saturated rings. The zero-order valence-corrected chi connectivity index (χ0v) is 8.78. The molecular weight excluding hydrogens is 246 g/mol. The molecule has 6 atom stereocenters. The van der Waals surface area contributed by atoms with E-state index in [0.717, 1.165) is 0 Å². The lowest BCUT2D eigenvalue weighted by Gasteiger charge is -2.45. The third-order valence-electron chi connectivity index (χ3n) is 2.69. The number of hydrogen-bond acceptors (Lipinski definition) is 7. The molecule has 0 bridgehead atoms. The van der Waals surface area contributed by atoms with Crippen molar-refractivity contribution in [1.82, 2.24) is 0 Å². The smallest absolute Gasteiger partial charge is 0.340 e. The first-order valence-corrected chi connectivity index (χ1v) is 4.18. The van der Waals surface area contributed by atoms with Crippen molar-refractivity contribution in [3.63, 3.8) is 0 Å². The van der Waals surface area contributed by atoms with E-state index in [-0.39, 0.29) is 12.4 Å². The molecule has 1 aliphatic carbocycles. The Morgan fingerprint density at radius 2 is 1.50 bits per heavy atom. The average molecular weight is 260 g/mol. The van der Waals surface area contributed by atoms with E-state index in [1.54, 1.807) is 0 Å². The highest BCUT2D eigenvalue weighted by molar-refractivity contribution is 5.85. The van der Waals surface area contributed by atoms with Crippen molar-refractivity contribution in [2.45, 2.75) is 36.1 Å². The van der Waals surface area contributed by atoms with Crippen LogP contribution in [-0.2, 0) is 4.79 Å². The molecule has 1 saturated carbocycles. The minimum absolute atomic E-state index is 0. The predicted octanol–water partition coefficient (Wildman–Crippen LogP) is -3.99. The maximum absolute atomic E-state index is 10.7. The van der Waals surface area contributed by atoms with Gasteiger partial charge in [-0.05, 0) is 0 Å². The molecule has 16 heavy (non-hydrogen) atoms. The van der Waals surface area contributed by atoms with E-state index in [2.05, 4.69) is 0 Å². The lowest BCUT2D eigenvalue weighted by molar-refractivity contribution is -0.234. The maximum atomic E-state index is 10.7. The van der Waals surface area contributed by atoms with Crippen molar-refractivity contribution in [3.05, 3.63) is 0 Å². The number of aliphatic hydroxyl groups is 5. The number of nitrogens with two attached hydrogens (primary N) is 1. The highest BCUT2D eigenvalue weighted by Gasteiger charge is 2.61. The molecule has 0 spiro atoms. The van der Waals surface area contributed by atoms with Crippen LogP contribution in [-0.4, -0.2) is 72.7 Å². The van der Waals surface area contributed by atoms with E-state index in [9.17, 15) is 25.2 Å². The van der Waals surface area contributed by atoms with Gasteiger partial charge in [0.15, 0.2) is 0 Å².